The summed E-state index contributed by atoms with van der Waals surface area (Å²) in [5.74, 6) is 0. The smallest absolute Gasteiger partial charge is 0.0837 e. The summed E-state index contributed by atoms with van der Waals surface area (Å²) < 4.78 is 6.99. The van der Waals surface area contributed by atoms with E-state index >= 15 is 0 Å². The summed E-state index contributed by atoms with van der Waals surface area (Å²) in [5.41, 5.74) is 3.06. The van der Waals surface area contributed by atoms with E-state index in [4.69, 9.17) is 27.9 Å². The normalized spacial score (nSPS) is 12.6. The fourth-order valence-electron chi connectivity index (χ4n) is 2.32. The molecule has 0 bridgehead atoms. The van der Waals surface area contributed by atoms with Gasteiger partial charge in [0.25, 0.3) is 0 Å². The van der Waals surface area contributed by atoms with Gasteiger partial charge in [-0.05, 0) is 31.2 Å². The molecular formula is C15H19Cl2N3O. The lowest BCUT2D eigenvalue weighted by molar-refractivity contribution is 0.182. The number of hydrogen-bond acceptors (Lipinski definition) is 3. The van der Waals surface area contributed by atoms with Crippen molar-refractivity contribution in [2.45, 2.75) is 19.5 Å². The van der Waals surface area contributed by atoms with E-state index in [9.17, 15) is 0 Å². The Bertz CT molecular complexity index is 613. The van der Waals surface area contributed by atoms with Crippen molar-refractivity contribution < 1.29 is 4.74 Å². The number of rotatable bonds is 6. The van der Waals surface area contributed by atoms with Crippen molar-refractivity contribution in [3.8, 4) is 0 Å². The van der Waals surface area contributed by atoms with Crippen LogP contribution >= 0.6 is 23.2 Å². The molecule has 1 aromatic carbocycles. The first-order chi connectivity index (χ1) is 10.1. The van der Waals surface area contributed by atoms with Gasteiger partial charge in [-0.25, -0.2) is 0 Å². The summed E-state index contributed by atoms with van der Waals surface area (Å²) in [4.78, 5) is 0. The summed E-state index contributed by atoms with van der Waals surface area (Å²) in [6.45, 7) is 3.23. The second kappa shape index (κ2) is 7.27. The molecule has 0 fully saturated rings. The Morgan fingerprint density at radius 3 is 2.71 bits per heavy atom. The van der Waals surface area contributed by atoms with Crippen molar-refractivity contribution in [3.63, 3.8) is 0 Å². The molecule has 0 saturated carbocycles. The van der Waals surface area contributed by atoms with Gasteiger partial charge in [0.15, 0.2) is 0 Å². The monoisotopic (exact) mass is 327 g/mol. The van der Waals surface area contributed by atoms with Crippen LogP contribution in [0, 0.1) is 6.92 Å². The number of nitrogens with zero attached hydrogens (tertiary/aromatic N) is 2. The Kier molecular flexibility index (Phi) is 5.65. The van der Waals surface area contributed by atoms with E-state index in [1.807, 2.05) is 30.8 Å². The molecule has 1 aromatic heterocycles. The van der Waals surface area contributed by atoms with E-state index < -0.39 is 0 Å². The van der Waals surface area contributed by atoms with Crippen molar-refractivity contribution >= 4 is 23.2 Å². The minimum absolute atomic E-state index is 0.0483. The van der Waals surface area contributed by atoms with Gasteiger partial charge < -0.3 is 10.1 Å². The van der Waals surface area contributed by atoms with Crippen LogP contribution in [-0.4, -0.2) is 30.5 Å². The van der Waals surface area contributed by atoms with Gasteiger partial charge in [0, 0.05) is 12.1 Å². The lowest BCUT2D eigenvalue weighted by atomic mass is 10.0. The largest absolute Gasteiger partial charge is 0.383 e. The van der Waals surface area contributed by atoms with Crippen molar-refractivity contribution in [1.82, 2.24) is 15.1 Å². The van der Waals surface area contributed by atoms with Gasteiger partial charge in [-0.15, -0.1) is 0 Å². The predicted molar refractivity (Wildman–Crippen MR) is 86.2 cm³/mol. The van der Waals surface area contributed by atoms with Gasteiger partial charge in [0.2, 0.25) is 0 Å². The quantitative estimate of drug-likeness (QED) is 0.883. The fourth-order valence-corrected chi connectivity index (χ4v) is 2.69. The highest BCUT2D eigenvalue weighted by Gasteiger charge is 2.21. The lowest BCUT2D eigenvalue weighted by Crippen LogP contribution is -2.23. The molecule has 1 heterocycles. The third-order valence-electron chi connectivity index (χ3n) is 3.42. The van der Waals surface area contributed by atoms with Gasteiger partial charge in [-0.3, -0.25) is 4.68 Å². The Balaban J connectivity index is 2.40. The summed E-state index contributed by atoms with van der Waals surface area (Å²) in [5, 5.41) is 9.02. The Morgan fingerprint density at radius 1 is 1.33 bits per heavy atom. The molecule has 0 aliphatic heterocycles. The second-order valence-corrected chi connectivity index (χ2v) is 5.64. The third-order valence-corrected chi connectivity index (χ3v) is 4.13. The Morgan fingerprint density at radius 2 is 2.10 bits per heavy atom. The molecule has 1 atom stereocenters. The number of aromatic nitrogens is 2. The SMILES string of the molecule is CNC(c1ccc(Cl)c(C)c1)c1c(Cl)cnn1CCOC. The third kappa shape index (κ3) is 3.58. The van der Waals surface area contributed by atoms with Crippen LogP contribution < -0.4 is 5.32 Å². The molecule has 0 aliphatic carbocycles. The number of aryl methyl sites for hydroxylation is 1. The van der Waals surface area contributed by atoms with Crippen LogP contribution in [-0.2, 0) is 11.3 Å². The van der Waals surface area contributed by atoms with E-state index in [2.05, 4.69) is 16.5 Å². The molecule has 114 valence electrons. The first-order valence-corrected chi connectivity index (χ1v) is 7.47. The van der Waals surface area contributed by atoms with Gasteiger partial charge in [0.05, 0.1) is 36.1 Å². The molecule has 0 amide bonds. The fraction of sp³-hybridized carbons (Fsp3) is 0.400. The molecular weight excluding hydrogens is 309 g/mol. The molecule has 21 heavy (non-hydrogen) atoms. The molecule has 2 aromatic rings. The Labute approximate surface area is 135 Å². The number of benzene rings is 1. The van der Waals surface area contributed by atoms with Crippen LogP contribution in [0.25, 0.3) is 0 Å². The zero-order chi connectivity index (χ0) is 15.4. The van der Waals surface area contributed by atoms with Crippen LogP contribution in [0.1, 0.15) is 22.9 Å². The highest BCUT2D eigenvalue weighted by molar-refractivity contribution is 6.31. The molecule has 0 spiro atoms. The summed E-state index contributed by atoms with van der Waals surface area (Å²) in [6.07, 6.45) is 1.67. The zero-order valence-electron chi connectivity index (χ0n) is 12.4. The highest BCUT2D eigenvalue weighted by Crippen LogP contribution is 2.30. The average molecular weight is 328 g/mol. The molecule has 2 rings (SSSR count). The lowest BCUT2D eigenvalue weighted by Gasteiger charge is -2.20. The van der Waals surface area contributed by atoms with Crippen LogP contribution in [0.3, 0.4) is 0 Å². The maximum absolute atomic E-state index is 6.33. The van der Waals surface area contributed by atoms with Crippen LogP contribution in [0.2, 0.25) is 10.0 Å². The van der Waals surface area contributed by atoms with E-state index in [1.54, 1.807) is 13.3 Å². The number of ether oxygens (including phenoxy) is 1. The van der Waals surface area contributed by atoms with E-state index in [0.29, 0.717) is 18.2 Å². The second-order valence-electron chi connectivity index (χ2n) is 4.82. The summed E-state index contributed by atoms with van der Waals surface area (Å²) in [7, 11) is 3.57. The number of halogens is 2. The average Bonchev–Trinajstić information content (AvgIpc) is 2.83. The van der Waals surface area contributed by atoms with Crippen LogP contribution in [0.5, 0.6) is 0 Å². The first-order valence-electron chi connectivity index (χ1n) is 6.72. The van der Waals surface area contributed by atoms with Crippen molar-refractivity contribution in [1.29, 1.82) is 0 Å². The van der Waals surface area contributed by atoms with Crippen LogP contribution in [0.4, 0.5) is 0 Å². The maximum atomic E-state index is 6.33. The van der Waals surface area contributed by atoms with E-state index in [0.717, 1.165) is 21.8 Å². The van der Waals surface area contributed by atoms with E-state index in [1.165, 1.54) is 0 Å². The molecule has 0 saturated heterocycles. The topological polar surface area (TPSA) is 39.1 Å². The molecule has 1 N–H and O–H groups in total. The highest BCUT2D eigenvalue weighted by atomic mass is 35.5. The number of methoxy groups -OCH3 is 1. The van der Waals surface area contributed by atoms with Gasteiger partial charge >= 0.3 is 0 Å². The predicted octanol–water partition coefficient (Wildman–Crippen LogP) is 3.45. The minimum Gasteiger partial charge on any atom is -0.383 e. The van der Waals surface area contributed by atoms with Gasteiger partial charge in [0.1, 0.15) is 0 Å². The zero-order valence-corrected chi connectivity index (χ0v) is 13.9. The number of hydrogen-bond donors (Lipinski definition) is 1. The molecule has 1 unspecified atom stereocenters. The van der Waals surface area contributed by atoms with Gasteiger partial charge in [-0.2, -0.15) is 5.10 Å². The van der Waals surface area contributed by atoms with Crippen molar-refractivity contribution in [2.75, 3.05) is 20.8 Å². The molecule has 0 radical (unpaired) electrons. The summed E-state index contributed by atoms with van der Waals surface area (Å²) in [6, 6.07) is 5.92. The molecule has 4 nitrogen and oxygen atoms in total. The van der Waals surface area contributed by atoms with Crippen molar-refractivity contribution in [2.24, 2.45) is 0 Å². The summed E-state index contributed by atoms with van der Waals surface area (Å²) >= 11 is 12.4. The Hall–Kier alpha value is -1.07. The molecule has 0 aliphatic rings. The first kappa shape index (κ1) is 16.3. The maximum Gasteiger partial charge on any atom is 0.0837 e. The number of nitrogens with one attached hydrogen (secondary N) is 1. The molecule has 6 heteroatoms. The van der Waals surface area contributed by atoms with Crippen molar-refractivity contribution in [3.05, 3.63) is 51.3 Å². The van der Waals surface area contributed by atoms with E-state index in [-0.39, 0.29) is 6.04 Å². The minimum atomic E-state index is -0.0483. The standard InChI is InChI=1S/C15H19Cl2N3O/c1-10-8-11(4-5-12(10)16)14(18-2)15-13(17)9-19-20(15)6-7-21-3/h4-5,8-9,14,18H,6-7H2,1-3H3. The van der Waals surface area contributed by atoms with Crippen LogP contribution in [0.15, 0.2) is 24.4 Å². The van der Waals surface area contributed by atoms with Gasteiger partial charge in [-0.1, -0.05) is 35.3 Å².